The Morgan fingerprint density at radius 3 is 2.75 bits per heavy atom. The molecule has 1 aliphatic heterocycles. The summed E-state index contributed by atoms with van der Waals surface area (Å²) in [5.41, 5.74) is 7.11. The lowest BCUT2D eigenvalue weighted by Gasteiger charge is -2.35. The Morgan fingerprint density at radius 1 is 1.19 bits per heavy atom. The molecule has 0 amide bonds. The summed E-state index contributed by atoms with van der Waals surface area (Å²) in [6.07, 6.45) is 5.18. The van der Waals surface area contributed by atoms with Crippen LogP contribution in [0.15, 0.2) is 30.3 Å². The topological polar surface area (TPSA) is 29.3 Å². The van der Waals surface area contributed by atoms with E-state index >= 15 is 0 Å². The van der Waals surface area contributed by atoms with E-state index in [2.05, 4.69) is 35.2 Å². The van der Waals surface area contributed by atoms with Gasteiger partial charge in [-0.1, -0.05) is 36.8 Å². The quantitative estimate of drug-likeness (QED) is 0.841. The first-order valence-electron chi connectivity index (χ1n) is 6.38. The van der Waals surface area contributed by atoms with Crippen molar-refractivity contribution in [1.29, 1.82) is 0 Å². The molecule has 1 fully saturated rings. The fourth-order valence-electron chi connectivity index (χ4n) is 2.61. The number of piperidine rings is 1. The molecule has 0 bridgehead atoms. The number of likely N-dealkylation sites (tertiary alicyclic amines) is 1. The Labute approximate surface area is 98.4 Å². The zero-order valence-corrected chi connectivity index (χ0v) is 9.94. The Hall–Kier alpha value is -0.860. The molecule has 2 rings (SSSR count). The molecule has 2 nitrogen and oxygen atoms in total. The maximum atomic E-state index is 5.69. The smallest absolute Gasteiger partial charge is 0.0236 e. The van der Waals surface area contributed by atoms with Crippen molar-refractivity contribution < 1.29 is 0 Å². The van der Waals surface area contributed by atoms with Crippen LogP contribution in [-0.4, -0.2) is 24.0 Å². The van der Waals surface area contributed by atoms with E-state index in [1.165, 1.54) is 31.4 Å². The van der Waals surface area contributed by atoms with Crippen molar-refractivity contribution in [1.82, 2.24) is 4.90 Å². The lowest BCUT2D eigenvalue weighted by molar-refractivity contribution is 0.134. The van der Waals surface area contributed by atoms with E-state index in [4.69, 9.17) is 5.73 Å². The molecule has 0 aliphatic carbocycles. The van der Waals surface area contributed by atoms with Crippen molar-refractivity contribution in [2.75, 3.05) is 13.1 Å². The van der Waals surface area contributed by atoms with Crippen molar-refractivity contribution in [2.45, 2.75) is 38.3 Å². The molecule has 1 aromatic carbocycles. The Balaban J connectivity index is 1.96. The number of hydrogen-bond donors (Lipinski definition) is 1. The highest BCUT2D eigenvalue weighted by atomic mass is 15.2. The summed E-state index contributed by atoms with van der Waals surface area (Å²) in [4.78, 5) is 2.60. The molecular formula is C14H22N2. The number of nitrogens with zero attached hydrogens (tertiary/aromatic N) is 1. The third-order valence-corrected chi connectivity index (χ3v) is 3.48. The monoisotopic (exact) mass is 218 g/mol. The minimum atomic E-state index is 0.707. The van der Waals surface area contributed by atoms with Crippen LogP contribution in [0.1, 0.15) is 31.2 Å². The molecule has 0 saturated carbocycles. The first-order valence-corrected chi connectivity index (χ1v) is 6.38. The van der Waals surface area contributed by atoms with Crippen molar-refractivity contribution >= 4 is 0 Å². The van der Waals surface area contributed by atoms with Gasteiger partial charge in [-0.3, -0.25) is 4.90 Å². The van der Waals surface area contributed by atoms with Crippen LogP contribution in [0, 0.1) is 0 Å². The van der Waals surface area contributed by atoms with E-state index in [0.29, 0.717) is 6.04 Å². The molecule has 1 aliphatic rings. The third kappa shape index (κ3) is 3.06. The molecule has 0 aromatic heterocycles. The number of nitrogens with two attached hydrogens (primary N) is 1. The number of hydrogen-bond acceptors (Lipinski definition) is 2. The van der Waals surface area contributed by atoms with Crippen molar-refractivity contribution in [2.24, 2.45) is 5.73 Å². The molecule has 0 radical (unpaired) electrons. The highest BCUT2D eigenvalue weighted by molar-refractivity contribution is 5.14. The van der Waals surface area contributed by atoms with E-state index < -0.39 is 0 Å². The van der Waals surface area contributed by atoms with Gasteiger partial charge in [0.15, 0.2) is 0 Å². The van der Waals surface area contributed by atoms with Crippen molar-refractivity contribution in [3.8, 4) is 0 Å². The predicted molar refractivity (Wildman–Crippen MR) is 68.2 cm³/mol. The van der Waals surface area contributed by atoms with E-state index in [1.54, 1.807) is 0 Å². The van der Waals surface area contributed by atoms with Crippen LogP contribution in [0.3, 0.4) is 0 Å². The summed E-state index contributed by atoms with van der Waals surface area (Å²) < 4.78 is 0. The highest BCUT2D eigenvalue weighted by Gasteiger charge is 2.21. The van der Waals surface area contributed by atoms with Crippen LogP contribution in [0.5, 0.6) is 0 Å². The maximum Gasteiger partial charge on any atom is 0.0236 e. The van der Waals surface area contributed by atoms with E-state index in [0.717, 1.165) is 19.5 Å². The first-order chi connectivity index (χ1) is 7.90. The molecule has 1 saturated heterocycles. The normalized spacial score (nSPS) is 22.2. The van der Waals surface area contributed by atoms with Gasteiger partial charge in [0.2, 0.25) is 0 Å². The van der Waals surface area contributed by atoms with Crippen LogP contribution in [0.4, 0.5) is 0 Å². The maximum absolute atomic E-state index is 5.69. The average Bonchev–Trinajstić information content (AvgIpc) is 2.33. The number of rotatable bonds is 4. The molecular weight excluding hydrogens is 196 g/mol. The van der Waals surface area contributed by atoms with Gasteiger partial charge in [-0.2, -0.15) is 0 Å². The average molecular weight is 218 g/mol. The fraction of sp³-hybridized carbons (Fsp3) is 0.571. The summed E-state index contributed by atoms with van der Waals surface area (Å²) in [6.45, 7) is 3.14. The third-order valence-electron chi connectivity index (χ3n) is 3.48. The van der Waals surface area contributed by atoms with Crippen LogP contribution in [0.2, 0.25) is 0 Å². The second-order valence-electron chi connectivity index (χ2n) is 4.68. The first kappa shape index (κ1) is 11.6. The molecule has 1 heterocycles. The second kappa shape index (κ2) is 6.02. The van der Waals surface area contributed by atoms with Crippen LogP contribution in [0.25, 0.3) is 0 Å². The lowest BCUT2D eigenvalue weighted by Crippen LogP contribution is -2.40. The van der Waals surface area contributed by atoms with Crippen LogP contribution in [-0.2, 0) is 6.54 Å². The SMILES string of the molecule is NCC[C@H]1CCCCN1Cc1ccccc1. The van der Waals surface area contributed by atoms with Gasteiger partial charge in [0, 0.05) is 12.6 Å². The minimum Gasteiger partial charge on any atom is -0.330 e. The van der Waals surface area contributed by atoms with E-state index in [1.807, 2.05) is 0 Å². The molecule has 16 heavy (non-hydrogen) atoms. The Kier molecular flexibility index (Phi) is 4.37. The summed E-state index contributed by atoms with van der Waals surface area (Å²) in [6, 6.07) is 11.5. The Bertz CT molecular complexity index is 295. The van der Waals surface area contributed by atoms with Gasteiger partial charge in [0.25, 0.3) is 0 Å². The van der Waals surface area contributed by atoms with Crippen molar-refractivity contribution in [3.05, 3.63) is 35.9 Å². The van der Waals surface area contributed by atoms with Crippen LogP contribution < -0.4 is 5.73 Å². The zero-order valence-electron chi connectivity index (χ0n) is 9.94. The van der Waals surface area contributed by atoms with Crippen LogP contribution >= 0.6 is 0 Å². The molecule has 2 heteroatoms. The predicted octanol–water partition coefficient (Wildman–Crippen LogP) is 2.39. The van der Waals surface area contributed by atoms with E-state index in [-0.39, 0.29) is 0 Å². The molecule has 2 N–H and O–H groups in total. The summed E-state index contributed by atoms with van der Waals surface area (Å²) in [5, 5.41) is 0. The second-order valence-corrected chi connectivity index (χ2v) is 4.68. The zero-order chi connectivity index (χ0) is 11.2. The van der Waals surface area contributed by atoms with Gasteiger partial charge in [-0.15, -0.1) is 0 Å². The summed E-state index contributed by atoms with van der Waals surface area (Å²) >= 11 is 0. The van der Waals surface area contributed by atoms with Gasteiger partial charge >= 0.3 is 0 Å². The summed E-state index contributed by atoms with van der Waals surface area (Å²) in [5.74, 6) is 0. The lowest BCUT2D eigenvalue weighted by atomic mass is 9.98. The van der Waals surface area contributed by atoms with Gasteiger partial charge in [0.05, 0.1) is 0 Å². The van der Waals surface area contributed by atoms with Gasteiger partial charge in [-0.05, 0) is 37.9 Å². The number of benzene rings is 1. The van der Waals surface area contributed by atoms with Gasteiger partial charge in [-0.25, -0.2) is 0 Å². The van der Waals surface area contributed by atoms with Gasteiger partial charge in [0.1, 0.15) is 0 Å². The molecule has 1 atom stereocenters. The largest absolute Gasteiger partial charge is 0.330 e. The molecule has 88 valence electrons. The highest BCUT2D eigenvalue weighted by Crippen LogP contribution is 2.21. The molecule has 0 spiro atoms. The minimum absolute atomic E-state index is 0.707. The van der Waals surface area contributed by atoms with Gasteiger partial charge < -0.3 is 5.73 Å². The molecule has 1 aromatic rings. The fourth-order valence-corrected chi connectivity index (χ4v) is 2.61. The Morgan fingerprint density at radius 2 is 2.00 bits per heavy atom. The standard InChI is InChI=1S/C14H22N2/c15-10-9-14-8-4-5-11-16(14)12-13-6-2-1-3-7-13/h1-3,6-7,14H,4-5,8-12,15H2/t14-/m1/s1. The van der Waals surface area contributed by atoms with E-state index in [9.17, 15) is 0 Å². The summed E-state index contributed by atoms with van der Waals surface area (Å²) in [7, 11) is 0. The van der Waals surface area contributed by atoms with Crippen molar-refractivity contribution in [3.63, 3.8) is 0 Å². The molecule has 0 unspecified atom stereocenters.